The lowest BCUT2D eigenvalue weighted by Gasteiger charge is -2.14. The molecule has 0 aliphatic heterocycles. The Kier molecular flexibility index (Phi) is 5.56. The third-order valence-electron chi connectivity index (χ3n) is 3.13. The van der Waals surface area contributed by atoms with Gasteiger partial charge in [-0.05, 0) is 41.6 Å². The molecule has 0 amide bonds. The second-order valence-electron chi connectivity index (χ2n) is 4.54. The van der Waals surface area contributed by atoms with Crippen LogP contribution in [0.2, 0.25) is 0 Å². The highest BCUT2D eigenvalue weighted by Crippen LogP contribution is 2.38. The van der Waals surface area contributed by atoms with Gasteiger partial charge in [-0.2, -0.15) is 0 Å². The third kappa shape index (κ3) is 3.72. The quantitative estimate of drug-likeness (QED) is 0.614. The summed E-state index contributed by atoms with van der Waals surface area (Å²) in [5.41, 5.74) is 3.47. The summed E-state index contributed by atoms with van der Waals surface area (Å²) in [4.78, 5) is 27.5. The fourth-order valence-corrected chi connectivity index (χ4v) is 1.95. The van der Waals surface area contributed by atoms with Crippen molar-refractivity contribution >= 4 is 17.3 Å². The molecular formula is C16H16N2O6. The molecule has 0 saturated carbocycles. The Morgan fingerprint density at radius 3 is 2.00 bits per heavy atom. The number of anilines is 1. The highest BCUT2D eigenvalue weighted by Gasteiger charge is 2.18. The van der Waals surface area contributed by atoms with Crippen molar-refractivity contribution in [3.63, 3.8) is 0 Å². The van der Waals surface area contributed by atoms with Gasteiger partial charge in [0.15, 0.2) is 11.5 Å². The van der Waals surface area contributed by atoms with Gasteiger partial charge in [0.2, 0.25) is 5.75 Å². The van der Waals surface area contributed by atoms with Gasteiger partial charge in [0.25, 0.3) is 0 Å². The molecule has 126 valence electrons. The summed E-state index contributed by atoms with van der Waals surface area (Å²) in [6.45, 7) is 0. The number of nitrogens with zero attached hydrogens (tertiary/aromatic N) is 1. The molecule has 2 aromatic rings. The molecular weight excluding hydrogens is 316 g/mol. The predicted molar refractivity (Wildman–Crippen MR) is 87.0 cm³/mol. The number of carbonyl (C=O) groups excluding carboxylic acids is 1. The molecule has 2 aromatic carbocycles. The van der Waals surface area contributed by atoms with E-state index >= 15 is 0 Å². The van der Waals surface area contributed by atoms with Crippen LogP contribution < -0.4 is 19.7 Å². The molecule has 0 aliphatic rings. The standard InChI is InChI=1S/C16H16N2O6/c1-21-13-8-10(9-14(22-2)15(13)23-3)16(19)24-18-12-6-4-11(17-20)5-7-12/h4-9,18H,1-3H3. The minimum Gasteiger partial charge on any atom is -0.493 e. The van der Waals surface area contributed by atoms with E-state index < -0.39 is 5.97 Å². The SMILES string of the molecule is COc1cc(C(=O)ONc2ccc(N=O)cc2)cc(OC)c1OC. The summed E-state index contributed by atoms with van der Waals surface area (Å²) in [7, 11) is 4.37. The lowest BCUT2D eigenvalue weighted by atomic mass is 10.2. The number of ether oxygens (including phenoxy) is 3. The van der Waals surface area contributed by atoms with Gasteiger partial charge in [0.05, 0.1) is 32.6 Å². The molecule has 8 heteroatoms. The predicted octanol–water partition coefficient (Wildman–Crippen LogP) is 3.29. The van der Waals surface area contributed by atoms with E-state index in [0.29, 0.717) is 22.9 Å². The summed E-state index contributed by atoms with van der Waals surface area (Å²) in [5, 5.41) is 2.78. The van der Waals surface area contributed by atoms with Gasteiger partial charge in [0, 0.05) is 0 Å². The zero-order chi connectivity index (χ0) is 17.5. The maximum absolute atomic E-state index is 12.2. The van der Waals surface area contributed by atoms with Gasteiger partial charge < -0.3 is 19.0 Å². The van der Waals surface area contributed by atoms with E-state index in [4.69, 9.17) is 19.0 Å². The minimum absolute atomic E-state index is 0.211. The normalized spacial score (nSPS) is 9.79. The topological polar surface area (TPSA) is 95.5 Å². The lowest BCUT2D eigenvalue weighted by molar-refractivity contribution is 0.0595. The Bertz CT molecular complexity index is 705. The molecule has 0 aromatic heterocycles. The molecule has 0 saturated heterocycles. The number of hydrogen-bond donors (Lipinski definition) is 1. The van der Waals surface area contributed by atoms with Crippen molar-refractivity contribution in [1.82, 2.24) is 0 Å². The average Bonchev–Trinajstić information content (AvgIpc) is 2.65. The van der Waals surface area contributed by atoms with Crippen LogP contribution in [-0.4, -0.2) is 27.3 Å². The molecule has 0 heterocycles. The third-order valence-corrected chi connectivity index (χ3v) is 3.13. The van der Waals surface area contributed by atoms with E-state index in [9.17, 15) is 9.70 Å². The van der Waals surface area contributed by atoms with Gasteiger partial charge in [-0.15, -0.1) is 4.91 Å². The number of nitrogens with one attached hydrogen (secondary N) is 1. The number of methoxy groups -OCH3 is 3. The molecule has 0 atom stereocenters. The Balaban J connectivity index is 2.15. The zero-order valence-corrected chi connectivity index (χ0v) is 13.4. The molecule has 1 N–H and O–H groups in total. The molecule has 0 radical (unpaired) electrons. The van der Waals surface area contributed by atoms with Crippen LogP contribution in [0.25, 0.3) is 0 Å². The van der Waals surface area contributed by atoms with Gasteiger partial charge in [-0.1, -0.05) is 0 Å². The number of nitroso groups, excluding NO2 is 1. The van der Waals surface area contributed by atoms with Gasteiger partial charge in [-0.3, -0.25) is 0 Å². The van der Waals surface area contributed by atoms with Gasteiger partial charge in [0.1, 0.15) is 5.69 Å². The monoisotopic (exact) mass is 332 g/mol. The molecule has 24 heavy (non-hydrogen) atoms. The van der Waals surface area contributed by atoms with E-state index in [-0.39, 0.29) is 11.3 Å². The Hall–Kier alpha value is -3.29. The largest absolute Gasteiger partial charge is 0.493 e. The highest BCUT2D eigenvalue weighted by atomic mass is 16.7. The van der Waals surface area contributed by atoms with Crippen molar-refractivity contribution in [2.45, 2.75) is 0 Å². The van der Waals surface area contributed by atoms with Crippen molar-refractivity contribution in [3.05, 3.63) is 46.9 Å². The lowest BCUT2D eigenvalue weighted by Crippen LogP contribution is -2.11. The van der Waals surface area contributed by atoms with Crippen LogP contribution in [0.3, 0.4) is 0 Å². The van der Waals surface area contributed by atoms with Gasteiger partial charge >= 0.3 is 5.97 Å². The second kappa shape index (κ2) is 7.82. The van der Waals surface area contributed by atoms with Crippen LogP contribution in [-0.2, 0) is 4.84 Å². The van der Waals surface area contributed by atoms with E-state index in [1.54, 1.807) is 12.1 Å². The zero-order valence-electron chi connectivity index (χ0n) is 13.4. The van der Waals surface area contributed by atoms with Crippen LogP contribution in [0.5, 0.6) is 17.2 Å². The Morgan fingerprint density at radius 1 is 0.958 bits per heavy atom. The summed E-state index contributed by atoms with van der Waals surface area (Å²) in [6.07, 6.45) is 0. The van der Waals surface area contributed by atoms with Crippen molar-refractivity contribution < 1.29 is 23.8 Å². The Labute approximate surface area is 138 Å². The Morgan fingerprint density at radius 2 is 1.54 bits per heavy atom. The molecule has 8 nitrogen and oxygen atoms in total. The van der Waals surface area contributed by atoms with E-state index in [2.05, 4.69) is 10.7 Å². The first-order valence-electron chi connectivity index (χ1n) is 6.83. The summed E-state index contributed by atoms with van der Waals surface area (Å²) in [6, 6.07) is 9.04. The maximum Gasteiger partial charge on any atom is 0.363 e. The molecule has 2 rings (SSSR count). The number of rotatable bonds is 7. The fraction of sp³-hybridized carbons (Fsp3) is 0.188. The summed E-state index contributed by atoms with van der Waals surface area (Å²) in [5.74, 6) is 0.406. The van der Waals surface area contributed by atoms with Crippen LogP contribution >= 0.6 is 0 Å². The molecule has 0 spiro atoms. The smallest absolute Gasteiger partial charge is 0.363 e. The van der Waals surface area contributed by atoms with Crippen molar-refractivity contribution in [1.29, 1.82) is 0 Å². The molecule has 0 aliphatic carbocycles. The first-order chi connectivity index (χ1) is 11.6. The summed E-state index contributed by atoms with van der Waals surface area (Å²) < 4.78 is 15.6. The number of carbonyl (C=O) groups is 1. The van der Waals surface area contributed by atoms with Crippen molar-refractivity contribution in [2.24, 2.45) is 5.18 Å². The molecule has 0 unspecified atom stereocenters. The first kappa shape index (κ1) is 17.1. The molecule has 0 bridgehead atoms. The highest BCUT2D eigenvalue weighted by molar-refractivity contribution is 5.91. The maximum atomic E-state index is 12.2. The molecule has 0 fully saturated rings. The average molecular weight is 332 g/mol. The summed E-state index contributed by atoms with van der Waals surface area (Å²) >= 11 is 0. The van der Waals surface area contributed by atoms with Crippen LogP contribution in [0.15, 0.2) is 41.6 Å². The van der Waals surface area contributed by atoms with Crippen LogP contribution in [0, 0.1) is 4.91 Å². The van der Waals surface area contributed by atoms with Crippen molar-refractivity contribution in [3.8, 4) is 17.2 Å². The second-order valence-corrected chi connectivity index (χ2v) is 4.54. The van der Waals surface area contributed by atoms with Crippen LogP contribution in [0.4, 0.5) is 11.4 Å². The number of hydrogen-bond acceptors (Lipinski definition) is 8. The van der Waals surface area contributed by atoms with Gasteiger partial charge in [-0.25, -0.2) is 10.3 Å². The van der Waals surface area contributed by atoms with E-state index in [1.807, 2.05) is 0 Å². The van der Waals surface area contributed by atoms with E-state index in [0.717, 1.165) is 0 Å². The fourth-order valence-electron chi connectivity index (χ4n) is 1.95. The first-order valence-corrected chi connectivity index (χ1v) is 6.83. The van der Waals surface area contributed by atoms with Crippen molar-refractivity contribution in [2.75, 3.05) is 26.8 Å². The van der Waals surface area contributed by atoms with Crippen LogP contribution in [0.1, 0.15) is 10.4 Å². The minimum atomic E-state index is -0.646. The van der Waals surface area contributed by atoms with E-state index in [1.165, 1.54) is 45.6 Å². The number of benzene rings is 2.